The minimum absolute atomic E-state index is 0.127. The van der Waals surface area contributed by atoms with Gasteiger partial charge >= 0.3 is 15.6 Å². The van der Waals surface area contributed by atoms with E-state index in [0.717, 1.165) is 23.1 Å². The van der Waals surface area contributed by atoms with E-state index in [4.69, 9.17) is 5.73 Å². The molecule has 0 aliphatic carbocycles. The van der Waals surface area contributed by atoms with Crippen LogP contribution in [0.1, 0.15) is 11.1 Å². The third-order valence-corrected chi connectivity index (χ3v) is 6.34. The van der Waals surface area contributed by atoms with Gasteiger partial charge in [-0.25, -0.2) is 9.38 Å². The van der Waals surface area contributed by atoms with E-state index in [9.17, 15) is 30.8 Å². The molecule has 1 unspecified atom stereocenters. The van der Waals surface area contributed by atoms with Crippen molar-refractivity contribution in [1.29, 1.82) is 0 Å². The Balaban J connectivity index is 1.84. The number of halogens is 4. The summed E-state index contributed by atoms with van der Waals surface area (Å²) in [6.45, 7) is 0. The van der Waals surface area contributed by atoms with Gasteiger partial charge in [-0.15, -0.1) is 0 Å². The Hall–Kier alpha value is -4.00. The summed E-state index contributed by atoms with van der Waals surface area (Å²) in [7, 11) is -4.51. The van der Waals surface area contributed by atoms with Gasteiger partial charge in [0.05, 0.1) is 0 Å². The Morgan fingerprint density at radius 1 is 1.06 bits per heavy atom. The molecular weight excluding hydrogens is 492 g/mol. The van der Waals surface area contributed by atoms with Gasteiger partial charge in [0.25, 0.3) is 5.91 Å². The highest BCUT2D eigenvalue weighted by Crippen LogP contribution is 2.41. The van der Waals surface area contributed by atoms with E-state index >= 15 is 0 Å². The molecule has 2 N–H and O–H groups in total. The Kier molecular flexibility index (Phi) is 5.75. The maximum absolute atomic E-state index is 14.7. The molecule has 8 nitrogen and oxygen atoms in total. The third kappa shape index (κ3) is 4.07. The molecule has 3 aromatic rings. The molecule has 0 radical (unpaired) electrons. The van der Waals surface area contributed by atoms with Gasteiger partial charge in [-0.1, -0.05) is 24.3 Å². The molecule has 2 heterocycles. The van der Waals surface area contributed by atoms with Crippen LogP contribution in [0.5, 0.6) is 5.75 Å². The van der Waals surface area contributed by atoms with Crippen molar-refractivity contribution in [2.45, 2.75) is 11.0 Å². The summed E-state index contributed by atoms with van der Waals surface area (Å²) in [5.41, 5.74) is -0.626. The monoisotopic (exact) mass is 508 g/mol. The van der Waals surface area contributed by atoms with Crippen LogP contribution in [0, 0.1) is 5.82 Å². The first-order valence-corrected chi connectivity index (χ1v) is 11.2. The summed E-state index contributed by atoms with van der Waals surface area (Å²) in [6.07, 6.45) is 2.94. The maximum Gasteiger partial charge on any atom is 0.534 e. The van der Waals surface area contributed by atoms with Gasteiger partial charge in [-0.05, 0) is 41.5 Å². The van der Waals surface area contributed by atoms with Crippen LogP contribution in [-0.2, 0) is 20.5 Å². The summed E-state index contributed by atoms with van der Waals surface area (Å²) < 4.78 is 79.3. The zero-order valence-corrected chi connectivity index (χ0v) is 18.6. The van der Waals surface area contributed by atoms with E-state index in [2.05, 4.69) is 14.2 Å². The molecule has 4 rings (SSSR count). The normalized spacial score (nSPS) is 18.5. The van der Waals surface area contributed by atoms with Gasteiger partial charge in [0.15, 0.2) is 11.5 Å². The molecule has 0 bridgehead atoms. The van der Waals surface area contributed by atoms with Crippen molar-refractivity contribution in [2.24, 2.45) is 10.7 Å². The maximum atomic E-state index is 14.7. The number of carbonyl (C=O) groups excluding carboxylic acids is 1. The number of nitrogens with zero attached hydrogens (tertiary/aromatic N) is 3. The number of likely N-dealkylation sites (N-methyl/N-ethyl adjacent to an activating group) is 1. The number of rotatable bonds is 5. The summed E-state index contributed by atoms with van der Waals surface area (Å²) >= 11 is 0. The first-order chi connectivity index (χ1) is 16.4. The Labute approximate surface area is 196 Å². The summed E-state index contributed by atoms with van der Waals surface area (Å²) in [5.74, 6) is -1.99. The summed E-state index contributed by atoms with van der Waals surface area (Å²) in [6, 6.07) is 11.4. The average molecular weight is 508 g/mol. The Morgan fingerprint density at radius 3 is 2.26 bits per heavy atom. The molecule has 1 aliphatic rings. The third-order valence-electron chi connectivity index (χ3n) is 5.36. The molecule has 0 saturated carbocycles. The van der Waals surface area contributed by atoms with Gasteiger partial charge in [-0.2, -0.15) is 21.6 Å². The number of alkyl halides is 3. The van der Waals surface area contributed by atoms with Crippen molar-refractivity contribution >= 4 is 22.0 Å². The Morgan fingerprint density at radius 2 is 1.71 bits per heavy atom. The van der Waals surface area contributed by atoms with Crippen molar-refractivity contribution in [2.75, 3.05) is 7.05 Å². The topological polar surface area (TPSA) is 115 Å². The Bertz CT molecular complexity index is 1430. The molecule has 1 amide bonds. The second-order valence-corrected chi connectivity index (χ2v) is 9.03. The van der Waals surface area contributed by atoms with Crippen LogP contribution >= 0.6 is 0 Å². The van der Waals surface area contributed by atoms with Crippen LogP contribution in [0.25, 0.3) is 11.1 Å². The van der Waals surface area contributed by atoms with Crippen LogP contribution in [0.15, 0.2) is 72.0 Å². The molecule has 1 atom stereocenters. The molecule has 2 aromatic carbocycles. The number of aliphatic imine (C=N–C) groups is 1. The van der Waals surface area contributed by atoms with E-state index in [0.29, 0.717) is 5.56 Å². The van der Waals surface area contributed by atoms with Gasteiger partial charge < -0.3 is 9.92 Å². The molecule has 0 spiro atoms. The minimum Gasteiger partial charge on any atom is -0.376 e. The standard InChI is InChI=1S/C22H16F4N4O4S/c1-30-19(31)21(29-20(30)27,14-4-7-16(8-5-14)34-35(32,33)22(24,25)26)15-6-9-18(23)17(11-15)13-3-2-10-28-12-13/h2-12H,1H3,(H2,27,29). The first kappa shape index (κ1) is 24.1. The molecule has 0 fully saturated rings. The predicted molar refractivity (Wildman–Crippen MR) is 117 cm³/mol. The fourth-order valence-corrected chi connectivity index (χ4v) is 4.06. The van der Waals surface area contributed by atoms with E-state index in [1.807, 2.05) is 0 Å². The lowest BCUT2D eigenvalue weighted by molar-refractivity contribution is -0.129. The average Bonchev–Trinajstić information content (AvgIpc) is 3.04. The summed E-state index contributed by atoms with van der Waals surface area (Å²) in [5, 5.41) is 0. The number of amides is 1. The van der Waals surface area contributed by atoms with Crippen LogP contribution in [0.4, 0.5) is 17.6 Å². The van der Waals surface area contributed by atoms with E-state index in [1.165, 1.54) is 43.7 Å². The second-order valence-electron chi connectivity index (χ2n) is 7.49. The van der Waals surface area contributed by atoms with Crippen LogP contribution in [0.3, 0.4) is 0 Å². The lowest BCUT2D eigenvalue weighted by atomic mass is 9.81. The number of hydrogen-bond acceptors (Lipinski definition) is 7. The van der Waals surface area contributed by atoms with Crippen LogP contribution in [-0.4, -0.2) is 42.7 Å². The fourth-order valence-electron chi connectivity index (χ4n) is 3.60. The highest BCUT2D eigenvalue weighted by atomic mass is 32.2. The lowest BCUT2D eigenvalue weighted by Gasteiger charge is -2.27. The predicted octanol–water partition coefficient (Wildman–Crippen LogP) is 3.15. The van der Waals surface area contributed by atoms with E-state index in [1.54, 1.807) is 12.1 Å². The quantitative estimate of drug-likeness (QED) is 0.322. The molecule has 35 heavy (non-hydrogen) atoms. The SMILES string of the molecule is CN1C(=O)C(c2ccc(OS(=O)(=O)C(F)(F)F)cc2)(c2ccc(F)c(-c3cccnc3)c2)N=C1N. The van der Waals surface area contributed by atoms with Crippen molar-refractivity contribution in [3.63, 3.8) is 0 Å². The number of guanidine groups is 1. The van der Waals surface area contributed by atoms with E-state index in [-0.39, 0.29) is 22.6 Å². The number of pyridine rings is 1. The van der Waals surface area contributed by atoms with Crippen molar-refractivity contribution in [3.8, 4) is 16.9 Å². The van der Waals surface area contributed by atoms with Gasteiger partial charge in [0.2, 0.25) is 0 Å². The largest absolute Gasteiger partial charge is 0.534 e. The highest BCUT2D eigenvalue weighted by Gasteiger charge is 2.50. The van der Waals surface area contributed by atoms with Crippen molar-refractivity contribution in [1.82, 2.24) is 9.88 Å². The first-order valence-electron chi connectivity index (χ1n) is 9.82. The molecule has 182 valence electrons. The molecule has 1 aromatic heterocycles. The zero-order valence-electron chi connectivity index (χ0n) is 17.8. The summed E-state index contributed by atoms with van der Waals surface area (Å²) in [4.78, 5) is 22.7. The number of nitrogens with two attached hydrogens (primary N) is 1. The van der Waals surface area contributed by atoms with Gasteiger partial charge in [-0.3, -0.25) is 14.7 Å². The smallest absolute Gasteiger partial charge is 0.376 e. The van der Waals surface area contributed by atoms with Crippen molar-refractivity contribution < 1.29 is 35.0 Å². The number of hydrogen-bond donors (Lipinski definition) is 1. The van der Waals surface area contributed by atoms with Gasteiger partial charge in [0.1, 0.15) is 11.6 Å². The second kappa shape index (κ2) is 8.34. The van der Waals surface area contributed by atoms with E-state index < -0.39 is 38.6 Å². The zero-order chi connectivity index (χ0) is 25.6. The molecule has 1 aliphatic heterocycles. The number of benzene rings is 2. The lowest BCUT2D eigenvalue weighted by Crippen LogP contribution is -2.41. The molecule has 0 saturated heterocycles. The minimum atomic E-state index is -5.89. The molecular formula is C22H16F4N4O4S. The number of carbonyl (C=O) groups is 1. The van der Waals surface area contributed by atoms with Crippen LogP contribution in [0.2, 0.25) is 0 Å². The highest BCUT2D eigenvalue weighted by molar-refractivity contribution is 7.88. The fraction of sp³-hybridized carbons (Fsp3) is 0.136. The van der Waals surface area contributed by atoms with Crippen LogP contribution < -0.4 is 9.92 Å². The van der Waals surface area contributed by atoms with Gasteiger partial charge in [0, 0.05) is 30.6 Å². The number of aromatic nitrogens is 1. The van der Waals surface area contributed by atoms with Crippen molar-refractivity contribution in [3.05, 3.63) is 83.9 Å². The molecule has 13 heteroatoms.